The van der Waals surface area contributed by atoms with E-state index >= 15 is 0 Å². The van der Waals surface area contributed by atoms with Crippen molar-refractivity contribution in [2.75, 3.05) is 32.7 Å². The Morgan fingerprint density at radius 3 is 2.36 bits per heavy atom. The van der Waals surface area contributed by atoms with Crippen molar-refractivity contribution in [2.45, 2.75) is 57.7 Å². The molecule has 0 aromatic heterocycles. The van der Waals surface area contributed by atoms with E-state index < -0.39 is 0 Å². The molecule has 0 bridgehead atoms. The molecule has 3 rings (SSSR count). The first-order chi connectivity index (χ1) is 10.5. The number of amides is 1. The van der Waals surface area contributed by atoms with Gasteiger partial charge >= 0.3 is 0 Å². The van der Waals surface area contributed by atoms with Gasteiger partial charge < -0.3 is 10.4 Å². The summed E-state index contributed by atoms with van der Waals surface area (Å²) in [6.45, 7) is 8.05. The van der Waals surface area contributed by atoms with Gasteiger partial charge in [0.2, 0.25) is 5.91 Å². The average Bonchev–Trinajstić information content (AvgIpc) is 3.32. The summed E-state index contributed by atoms with van der Waals surface area (Å²) in [6.07, 6.45) is 4.93. The van der Waals surface area contributed by atoms with Gasteiger partial charge in [-0.25, -0.2) is 0 Å². The largest absolute Gasteiger partial charge is 0.392 e. The van der Waals surface area contributed by atoms with E-state index in [2.05, 4.69) is 22.0 Å². The van der Waals surface area contributed by atoms with E-state index in [0.717, 1.165) is 38.0 Å². The molecule has 0 spiro atoms. The highest BCUT2D eigenvalue weighted by Gasteiger charge is 2.42. The third kappa shape index (κ3) is 4.43. The Hall–Kier alpha value is -0.650. The quantitative estimate of drug-likeness (QED) is 0.726. The molecule has 5 heteroatoms. The van der Waals surface area contributed by atoms with Crippen molar-refractivity contribution in [3.05, 3.63) is 0 Å². The summed E-state index contributed by atoms with van der Waals surface area (Å²) < 4.78 is 0. The van der Waals surface area contributed by atoms with Crippen LogP contribution in [0.15, 0.2) is 0 Å². The summed E-state index contributed by atoms with van der Waals surface area (Å²) in [4.78, 5) is 16.9. The molecule has 5 nitrogen and oxygen atoms in total. The van der Waals surface area contributed by atoms with E-state index in [1.165, 1.54) is 25.7 Å². The maximum Gasteiger partial charge on any atom is 0.234 e. The fourth-order valence-electron chi connectivity index (χ4n) is 3.79. The third-order valence-electron chi connectivity index (χ3n) is 5.30. The number of aliphatic hydroxyl groups excluding tert-OH is 1. The van der Waals surface area contributed by atoms with E-state index in [1.54, 1.807) is 0 Å². The van der Waals surface area contributed by atoms with Gasteiger partial charge in [-0.2, -0.15) is 0 Å². The molecule has 1 aliphatic heterocycles. The molecule has 3 aliphatic rings. The van der Waals surface area contributed by atoms with Crippen LogP contribution in [0.25, 0.3) is 0 Å². The van der Waals surface area contributed by atoms with Gasteiger partial charge in [0.05, 0.1) is 12.6 Å². The fourth-order valence-corrected chi connectivity index (χ4v) is 3.79. The van der Waals surface area contributed by atoms with Gasteiger partial charge in [-0.3, -0.25) is 14.6 Å². The highest BCUT2D eigenvalue weighted by Crippen LogP contribution is 2.44. The number of hydrogen-bond acceptors (Lipinski definition) is 4. The van der Waals surface area contributed by atoms with Crippen molar-refractivity contribution in [1.82, 2.24) is 15.1 Å². The molecule has 0 unspecified atom stereocenters. The lowest BCUT2D eigenvalue weighted by Gasteiger charge is -2.40. The summed E-state index contributed by atoms with van der Waals surface area (Å²) >= 11 is 0. The van der Waals surface area contributed by atoms with Crippen LogP contribution in [0, 0.1) is 11.8 Å². The Morgan fingerprint density at radius 1 is 1.23 bits per heavy atom. The average molecular weight is 309 g/mol. The first kappa shape index (κ1) is 16.2. The van der Waals surface area contributed by atoms with Gasteiger partial charge in [-0.1, -0.05) is 0 Å². The topological polar surface area (TPSA) is 55.8 Å². The fraction of sp³-hybridized carbons (Fsp3) is 0.941. The van der Waals surface area contributed by atoms with Crippen LogP contribution in [-0.2, 0) is 4.79 Å². The molecule has 0 aromatic carbocycles. The third-order valence-corrected chi connectivity index (χ3v) is 5.30. The minimum Gasteiger partial charge on any atom is -0.392 e. The Morgan fingerprint density at radius 2 is 1.86 bits per heavy atom. The van der Waals surface area contributed by atoms with Crippen molar-refractivity contribution >= 4 is 5.91 Å². The number of β-amino-alcohol motifs (C(OH)–C–C–N with tert-alkyl or cyclic N) is 1. The second kappa shape index (κ2) is 6.85. The van der Waals surface area contributed by atoms with Crippen molar-refractivity contribution < 1.29 is 9.90 Å². The monoisotopic (exact) mass is 309 g/mol. The Labute approximate surface area is 134 Å². The van der Waals surface area contributed by atoms with E-state index in [-0.39, 0.29) is 12.0 Å². The highest BCUT2D eigenvalue weighted by molar-refractivity contribution is 5.78. The van der Waals surface area contributed by atoms with Crippen molar-refractivity contribution in [1.29, 1.82) is 0 Å². The zero-order valence-electron chi connectivity index (χ0n) is 14.0. The SMILES string of the molecule is C[C@H](O)CN1CCN(CC(=O)NC(C2CC2)C2CC2)C[C@@H]1C. The van der Waals surface area contributed by atoms with Crippen LogP contribution in [0.3, 0.4) is 0 Å². The van der Waals surface area contributed by atoms with E-state index in [4.69, 9.17) is 0 Å². The van der Waals surface area contributed by atoms with Gasteiger partial charge in [0.1, 0.15) is 0 Å². The summed E-state index contributed by atoms with van der Waals surface area (Å²) in [5.74, 6) is 1.73. The van der Waals surface area contributed by atoms with Gasteiger partial charge in [0, 0.05) is 38.3 Å². The summed E-state index contributed by atoms with van der Waals surface area (Å²) in [5.41, 5.74) is 0. The molecule has 2 saturated carbocycles. The molecule has 1 heterocycles. The number of piperazine rings is 1. The first-order valence-electron chi connectivity index (χ1n) is 8.96. The molecule has 3 fully saturated rings. The van der Waals surface area contributed by atoms with Crippen LogP contribution < -0.4 is 5.32 Å². The zero-order chi connectivity index (χ0) is 15.7. The normalized spacial score (nSPS) is 28.8. The predicted octanol–water partition coefficient (Wildman–Crippen LogP) is 0.678. The summed E-state index contributed by atoms with van der Waals surface area (Å²) in [5, 5.41) is 12.8. The minimum absolute atomic E-state index is 0.208. The number of carbonyl (C=O) groups is 1. The van der Waals surface area contributed by atoms with Crippen molar-refractivity contribution in [3.63, 3.8) is 0 Å². The molecule has 1 saturated heterocycles. The Kier molecular flexibility index (Phi) is 5.05. The number of nitrogens with zero attached hydrogens (tertiary/aromatic N) is 2. The highest BCUT2D eigenvalue weighted by atomic mass is 16.3. The molecular weight excluding hydrogens is 278 g/mol. The van der Waals surface area contributed by atoms with Crippen LogP contribution >= 0.6 is 0 Å². The molecule has 22 heavy (non-hydrogen) atoms. The first-order valence-corrected chi connectivity index (χ1v) is 8.96. The maximum atomic E-state index is 12.3. The van der Waals surface area contributed by atoms with Crippen LogP contribution in [0.1, 0.15) is 39.5 Å². The molecular formula is C17H31N3O2. The van der Waals surface area contributed by atoms with Crippen molar-refractivity contribution in [2.24, 2.45) is 11.8 Å². The minimum atomic E-state index is -0.282. The number of aliphatic hydroxyl groups is 1. The van der Waals surface area contributed by atoms with E-state index in [1.807, 2.05) is 6.92 Å². The molecule has 0 aromatic rings. The number of carbonyl (C=O) groups excluding carboxylic acids is 1. The maximum absolute atomic E-state index is 12.3. The number of rotatable bonds is 7. The second-order valence-corrected chi connectivity index (χ2v) is 7.70. The number of hydrogen-bond donors (Lipinski definition) is 2. The predicted molar refractivity (Wildman–Crippen MR) is 86.5 cm³/mol. The molecule has 2 atom stereocenters. The van der Waals surface area contributed by atoms with E-state index in [9.17, 15) is 9.90 Å². The lowest BCUT2D eigenvalue weighted by atomic mass is 10.1. The van der Waals surface area contributed by atoms with Crippen LogP contribution in [-0.4, -0.2) is 71.7 Å². The molecule has 2 aliphatic carbocycles. The molecule has 126 valence electrons. The number of nitrogens with one attached hydrogen (secondary N) is 1. The van der Waals surface area contributed by atoms with Gasteiger partial charge in [0.25, 0.3) is 0 Å². The van der Waals surface area contributed by atoms with Gasteiger partial charge in [-0.05, 0) is 51.4 Å². The van der Waals surface area contributed by atoms with Gasteiger partial charge in [-0.15, -0.1) is 0 Å². The standard InChI is InChI=1S/C17H31N3O2/c1-12-9-19(7-8-20(12)10-13(2)21)11-16(22)18-17(14-3-4-14)15-5-6-15/h12-15,17,21H,3-11H2,1-2H3,(H,18,22)/t12-,13-/m0/s1. The lowest BCUT2D eigenvalue weighted by Crippen LogP contribution is -2.55. The second-order valence-electron chi connectivity index (χ2n) is 7.70. The lowest BCUT2D eigenvalue weighted by molar-refractivity contribution is -0.124. The molecule has 1 amide bonds. The van der Waals surface area contributed by atoms with E-state index in [0.29, 0.717) is 18.6 Å². The molecule has 0 radical (unpaired) electrons. The summed E-state index contributed by atoms with van der Waals surface area (Å²) in [6, 6.07) is 0.861. The van der Waals surface area contributed by atoms with Crippen LogP contribution in [0.2, 0.25) is 0 Å². The Balaban J connectivity index is 1.42. The smallest absolute Gasteiger partial charge is 0.234 e. The Bertz CT molecular complexity index is 381. The van der Waals surface area contributed by atoms with Gasteiger partial charge in [0.15, 0.2) is 0 Å². The molecule has 2 N–H and O–H groups in total. The van der Waals surface area contributed by atoms with Crippen LogP contribution in [0.4, 0.5) is 0 Å². The summed E-state index contributed by atoms with van der Waals surface area (Å²) in [7, 11) is 0. The zero-order valence-corrected chi connectivity index (χ0v) is 14.0. The van der Waals surface area contributed by atoms with Crippen LogP contribution in [0.5, 0.6) is 0 Å². The van der Waals surface area contributed by atoms with Crippen molar-refractivity contribution in [3.8, 4) is 0 Å².